The van der Waals surface area contributed by atoms with Gasteiger partial charge < -0.3 is 36.6 Å². The molecule has 12 heteroatoms. The average Bonchev–Trinajstić information content (AvgIpc) is 3.16. The summed E-state index contributed by atoms with van der Waals surface area (Å²) in [4.78, 5) is 58.8. The molecule has 7 N–H and O–H groups in total. The molecule has 1 fully saturated rings. The Kier molecular flexibility index (Phi) is 9.48. The first-order valence-corrected chi connectivity index (χ1v) is 9.30. The van der Waals surface area contributed by atoms with Crippen LogP contribution < -0.4 is 21.3 Å². The molecule has 0 saturated carbocycles. The van der Waals surface area contributed by atoms with Crippen molar-refractivity contribution in [3.63, 3.8) is 0 Å². The highest BCUT2D eigenvalue weighted by Gasteiger charge is 2.31. The summed E-state index contributed by atoms with van der Waals surface area (Å²) in [5, 5.41) is 37.2. The molecule has 0 aromatic heterocycles. The van der Waals surface area contributed by atoms with Gasteiger partial charge in [0.05, 0.1) is 12.1 Å². The molecule has 12 nitrogen and oxygen atoms in total. The summed E-state index contributed by atoms with van der Waals surface area (Å²) < 4.78 is 0. The summed E-state index contributed by atoms with van der Waals surface area (Å²) in [5.74, 6) is -4.66. The third kappa shape index (κ3) is 8.03. The fourth-order valence-corrected chi connectivity index (χ4v) is 2.76. The van der Waals surface area contributed by atoms with Crippen LogP contribution in [0.5, 0.6) is 0 Å². The molecule has 0 aromatic carbocycles. The molecule has 1 heterocycles. The second-order valence-corrected chi connectivity index (χ2v) is 6.94. The number of hydrogen-bond acceptors (Lipinski definition) is 7. The summed E-state index contributed by atoms with van der Waals surface area (Å²) in [7, 11) is 0. The van der Waals surface area contributed by atoms with E-state index in [2.05, 4.69) is 21.3 Å². The van der Waals surface area contributed by atoms with Crippen LogP contribution in [0.4, 0.5) is 0 Å². The number of carbonyl (C=O) groups excluding carboxylic acids is 3. The largest absolute Gasteiger partial charge is 0.481 e. The van der Waals surface area contributed by atoms with E-state index in [4.69, 9.17) is 10.2 Å². The van der Waals surface area contributed by atoms with Crippen molar-refractivity contribution in [3.8, 4) is 0 Å². The number of carbonyl (C=O) groups is 5. The molecule has 1 aliphatic heterocycles. The van der Waals surface area contributed by atoms with Crippen molar-refractivity contribution in [2.75, 3.05) is 6.54 Å². The van der Waals surface area contributed by atoms with Crippen LogP contribution >= 0.6 is 0 Å². The highest BCUT2D eigenvalue weighted by atomic mass is 16.4. The van der Waals surface area contributed by atoms with Gasteiger partial charge >= 0.3 is 11.9 Å². The minimum atomic E-state index is -1.56. The SMILES string of the molecule is CC(NC(=O)C(CCC(=O)O)NC(=O)C1CCCN1)C(=O)NC(C(=O)O)C(C)O. The average molecular weight is 416 g/mol. The molecule has 0 spiro atoms. The van der Waals surface area contributed by atoms with Gasteiger partial charge in [0.1, 0.15) is 12.1 Å². The maximum absolute atomic E-state index is 12.5. The Labute approximate surface area is 167 Å². The maximum atomic E-state index is 12.5. The zero-order valence-corrected chi connectivity index (χ0v) is 16.3. The van der Waals surface area contributed by atoms with Gasteiger partial charge in [-0.05, 0) is 39.7 Å². The van der Waals surface area contributed by atoms with Gasteiger partial charge in [0.15, 0.2) is 6.04 Å². The fourth-order valence-electron chi connectivity index (χ4n) is 2.76. The van der Waals surface area contributed by atoms with Crippen LogP contribution in [0, 0.1) is 0 Å². The van der Waals surface area contributed by atoms with Gasteiger partial charge in [-0.2, -0.15) is 0 Å². The molecule has 0 bridgehead atoms. The molecule has 0 aliphatic carbocycles. The Bertz CT molecular complexity index is 633. The molecule has 0 aromatic rings. The van der Waals surface area contributed by atoms with Gasteiger partial charge in [0, 0.05) is 6.42 Å². The van der Waals surface area contributed by atoms with Crippen LogP contribution in [0.2, 0.25) is 0 Å². The predicted molar refractivity (Wildman–Crippen MR) is 98.7 cm³/mol. The zero-order valence-electron chi connectivity index (χ0n) is 16.3. The zero-order chi connectivity index (χ0) is 22.1. The molecule has 164 valence electrons. The van der Waals surface area contributed by atoms with Crippen molar-refractivity contribution >= 4 is 29.7 Å². The van der Waals surface area contributed by atoms with Gasteiger partial charge in [0.25, 0.3) is 0 Å². The van der Waals surface area contributed by atoms with Gasteiger partial charge in [-0.3, -0.25) is 19.2 Å². The lowest BCUT2D eigenvalue weighted by molar-refractivity contribution is -0.145. The van der Waals surface area contributed by atoms with Crippen LogP contribution in [0.3, 0.4) is 0 Å². The predicted octanol–water partition coefficient (Wildman–Crippen LogP) is -2.46. The standard InChI is InChI=1S/C17H28N4O8/c1-8(14(25)21-13(9(2)22)17(28)29)19-16(27)11(5-6-12(23)24)20-15(26)10-4-3-7-18-10/h8-11,13,18,22H,3-7H2,1-2H3,(H,19,27)(H,20,26)(H,21,25)(H,23,24)(H,28,29). The first-order valence-electron chi connectivity index (χ1n) is 9.30. The smallest absolute Gasteiger partial charge is 0.328 e. The molecule has 3 amide bonds. The summed E-state index contributed by atoms with van der Waals surface area (Å²) >= 11 is 0. The number of carboxylic acid groups (broad SMARTS) is 2. The first kappa shape index (κ1) is 24.3. The van der Waals surface area contributed by atoms with Crippen molar-refractivity contribution in [2.45, 2.75) is 69.8 Å². The molecule has 1 saturated heterocycles. The Hall–Kier alpha value is -2.73. The van der Waals surface area contributed by atoms with E-state index in [1.807, 2.05) is 0 Å². The van der Waals surface area contributed by atoms with Gasteiger partial charge in [-0.15, -0.1) is 0 Å². The van der Waals surface area contributed by atoms with Crippen molar-refractivity contribution in [3.05, 3.63) is 0 Å². The lowest BCUT2D eigenvalue weighted by Gasteiger charge is -2.23. The van der Waals surface area contributed by atoms with E-state index >= 15 is 0 Å². The van der Waals surface area contributed by atoms with Crippen molar-refractivity contribution in [1.82, 2.24) is 21.3 Å². The topological polar surface area (TPSA) is 194 Å². The van der Waals surface area contributed by atoms with Crippen molar-refractivity contribution in [1.29, 1.82) is 0 Å². The first-order chi connectivity index (χ1) is 13.5. The molecule has 29 heavy (non-hydrogen) atoms. The lowest BCUT2D eigenvalue weighted by Crippen LogP contribution is -2.57. The number of aliphatic hydroxyl groups is 1. The summed E-state index contributed by atoms with van der Waals surface area (Å²) in [5.41, 5.74) is 0. The molecule has 5 unspecified atom stereocenters. The van der Waals surface area contributed by atoms with Gasteiger partial charge in [0.2, 0.25) is 17.7 Å². The second kappa shape index (κ2) is 11.3. The minimum Gasteiger partial charge on any atom is -0.481 e. The van der Waals surface area contributed by atoms with E-state index in [0.29, 0.717) is 13.0 Å². The van der Waals surface area contributed by atoms with Crippen molar-refractivity contribution < 1.29 is 39.3 Å². The number of nitrogens with one attached hydrogen (secondary N) is 4. The Morgan fingerprint density at radius 2 is 1.69 bits per heavy atom. The lowest BCUT2D eigenvalue weighted by atomic mass is 10.1. The number of amides is 3. The third-order valence-corrected chi connectivity index (χ3v) is 4.45. The molecule has 1 aliphatic rings. The third-order valence-electron chi connectivity index (χ3n) is 4.45. The Morgan fingerprint density at radius 1 is 1.03 bits per heavy atom. The molecule has 1 rings (SSSR count). The van der Waals surface area contributed by atoms with Gasteiger partial charge in [-0.1, -0.05) is 0 Å². The summed E-state index contributed by atoms with van der Waals surface area (Å²) in [6.45, 7) is 3.15. The Morgan fingerprint density at radius 3 is 2.17 bits per heavy atom. The van der Waals surface area contributed by atoms with Gasteiger partial charge in [-0.25, -0.2) is 4.79 Å². The summed E-state index contributed by atoms with van der Waals surface area (Å²) in [6, 6.07) is -4.39. The minimum absolute atomic E-state index is 0.181. The molecular weight excluding hydrogens is 388 g/mol. The molecular formula is C17H28N4O8. The second-order valence-electron chi connectivity index (χ2n) is 6.94. The van der Waals surface area contributed by atoms with Crippen LogP contribution in [0.15, 0.2) is 0 Å². The van der Waals surface area contributed by atoms with E-state index < -0.39 is 59.9 Å². The number of hydrogen-bond donors (Lipinski definition) is 7. The Balaban J connectivity index is 2.73. The normalized spacial score (nSPS) is 20.0. The summed E-state index contributed by atoms with van der Waals surface area (Å²) in [6.07, 6.45) is -0.524. The van der Waals surface area contributed by atoms with Crippen LogP contribution in [0.25, 0.3) is 0 Å². The van der Waals surface area contributed by atoms with E-state index in [1.165, 1.54) is 13.8 Å². The van der Waals surface area contributed by atoms with E-state index in [1.54, 1.807) is 0 Å². The van der Waals surface area contributed by atoms with Crippen LogP contribution in [-0.4, -0.2) is 81.8 Å². The monoisotopic (exact) mass is 416 g/mol. The number of carboxylic acids is 2. The quantitative estimate of drug-likeness (QED) is 0.191. The van der Waals surface area contributed by atoms with E-state index in [0.717, 1.165) is 6.42 Å². The molecule has 5 atom stereocenters. The number of rotatable bonds is 11. The fraction of sp³-hybridized carbons (Fsp3) is 0.706. The van der Waals surface area contributed by atoms with E-state index in [-0.39, 0.29) is 12.8 Å². The van der Waals surface area contributed by atoms with Crippen LogP contribution in [-0.2, 0) is 24.0 Å². The van der Waals surface area contributed by atoms with E-state index in [9.17, 15) is 29.1 Å². The van der Waals surface area contributed by atoms with Crippen molar-refractivity contribution in [2.24, 2.45) is 0 Å². The maximum Gasteiger partial charge on any atom is 0.328 e. The highest BCUT2D eigenvalue weighted by Crippen LogP contribution is 2.07. The van der Waals surface area contributed by atoms with Crippen LogP contribution in [0.1, 0.15) is 39.5 Å². The number of aliphatic carboxylic acids is 2. The highest BCUT2D eigenvalue weighted by molar-refractivity contribution is 5.94. The number of aliphatic hydroxyl groups excluding tert-OH is 1. The molecule has 0 radical (unpaired) electrons.